The highest BCUT2D eigenvalue weighted by molar-refractivity contribution is 7.68. The molecule has 0 radical (unpaired) electrons. The molecule has 1 unspecified atom stereocenters. The Kier molecular flexibility index (Phi) is 11.1. The summed E-state index contributed by atoms with van der Waals surface area (Å²) >= 11 is 0. The Labute approximate surface area is 179 Å². The summed E-state index contributed by atoms with van der Waals surface area (Å²) in [7, 11) is -8.52. The highest BCUT2D eigenvalue weighted by Crippen LogP contribution is 2.62. The van der Waals surface area contributed by atoms with E-state index in [4.69, 9.17) is 9.05 Å². The van der Waals surface area contributed by atoms with E-state index in [-0.39, 0.29) is 0 Å². The fourth-order valence-corrected chi connectivity index (χ4v) is 27.1. The zero-order valence-electron chi connectivity index (χ0n) is 20.5. The van der Waals surface area contributed by atoms with Gasteiger partial charge in [-0.3, -0.25) is 4.57 Å². The first-order chi connectivity index (χ1) is 12.4. The Hall–Kier alpha value is 0.671. The number of hydrogen-bond donors (Lipinski definition) is 0. The molecule has 166 valence electrons. The van der Waals surface area contributed by atoms with Crippen LogP contribution in [0.1, 0.15) is 20.8 Å². The lowest BCUT2D eigenvalue weighted by Gasteiger charge is -2.51. The van der Waals surface area contributed by atoms with Crippen molar-refractivity contribution < 1.29 is 13.6 Å². The van der Waals surface area contributed by atoms with Gasteiger partial charge in [-0.05, 0) is 45.5 Å². The van der Waals surface area contributed by atoms with Crippen LogP contribution in [0, 0.1) is 0 Å². The average Bonchev–Trinajstić information content (AvgIpc) is 2.39. The molecule has 0 N–H and O–H groups in total. The second-order valence-corrected chi connectivity index (χ2v) is 31.1. The molecule has 0 saturated carbocycles. The van der Waals surface area contributed by atoms with Gasteiger partial charge in [-0.15, -0.1) is 0 Å². The summed E-state index contributed by atoms with van der Waals surface area (Å²) in [6, 6.07) is 0. The largest absolute Gasteiger partial charge is 0.354 e. The van der Waals surface area contributed by atoms with Gasteiger partial charge >= 0.3 is 7.60 Å². The molecule has 28 heavy (non-hydrogen) atoms. The van der Waals surface area contributed by atoms with Gasteiger partial charge in [-0.1, -0.05) is 65.5 Å². The monoisotopic (exact) mass is 481 g/mol. The maximum absolute atomic E-state index is 13.4. The predicted molar refractivity (Wildman–Crippen MR) is 137 cm³/mol. The second kappa shape index (κ2) is 10.8. The van der Waals surface area contributed by atoms with Crippen LogP contribution in [0.25, 0.3) is 0 Å². The molecular weight excluding hydrogens is 436 g/mol. The van der Waals surface area contributed by atoms with Gasteiger partial charge in [0.05, 0.1) is 21.3 Å². The molecule has 0 aromatic heterocycles. The molecule has 1 atom stereocenters. The van der Waals surface area contributed by atoms with Gasteiger partial charge in [-0.25, -0.2) is 0 Å². The summed E-state index contributed by atoms with van der Waals surface area (Å²) in [5, 5.41) is 1.12. The second-order valence-electron chi connectivity index (χ2n) is 10.4. The van der Waals surface area contributed by atoms with Gasteiger partial charge in [0.25, 0.3) is 0 Å². The normalized spacial score (nSPS) is 15.8. The van der Waals surface area contributed by atoms with E-state index in [0.717, 1.165) is 10.9 Å². The predicted octanol–water partition coefficient (Wildman–Crippen LogP) is 7.92. The standard InChI is InChI=1S/C19H45NO3P2Si3/c1-14-22-25(21,23-15-2)16-19(18(3)4)24(17-26(5,6)7)20(27(8,9)10)28(11,12)13/h16H,3,14-15,17H2,1-2,4-13H3/b19-16+. The Morgan fingerprint density at radius 3 is 1.61 bits per heavy atom. The summed E-state index contributed by atoms with van der Waals surface area (Å²) < 4.78 is 27.5. The van der Waals surface area contributed by atoms with Crippen LogP contribution in [-0.2, 0) is 13.6 Å². The minimum absolute atomic E-state index is 0.370. The van der Waals surface area contributed by atoms with Gasteiger partial charge in [0, 0.05) is 5.82 Å². The van der Waals surface area contributed by atoms with Gasteiger partial charge in [0.15, 0.2) is 0 Å². The highest BCUT2D eigenvalue weighted by atomic mass is 31.2. The van der Waals surface area contributed by atoms with E-state index in [2.05, 4.69) is 69.5 Å². The molecule has 0 bridgehead atoms. The van der Waals surface area contributed by atoms with Crippen molar-refractivity contribution in [3.05, 3.63) is 23.3 Å². The van der Waals surface area contributed by atoms with Crippen molar-refractivity contribution in [2.24, 2.45) is 0 Å². The minimum Gasteiger partial charge on any atom is -0.321 e. The molecule has 0 spiro atoms. The van der Waals surface area contributed by atoms with E-state index in [1.807, 2.05) is 26.6 Å². The molecule has 0 aliphatic carbocycles. The van der Waals surface area contributed by atoms with Crippen molar-refractivity contribution >= 4 is 40.2 Å². The SMILES string of the molecule is C=C(C)/C(=C\P(=O)(OCC)OCC)P(C[Si](C)(C)C)N([Si](C)(C)C)[Si](C)(C)C. The fourth-order valence-electron chi connectivity index (χ4n) is 3.46. The summed E-state index contributed by atoms with van der Waals surface area (Å²) in [6.07, 6.45) is 0. The van der Waals surface area contributed by atoms with E-state index < -0.39 is 40.2 Å². The van der Waals surface area contributed by atoms with Crippen molar-refractivity contribution in [1.82, 2.24) is 4.00 Å². The van der Waals surface area contributed by atoms with Crippen LogP contribution < -0.4 is 0 Å². The van der Waals surface area contributed by atoms with Crippen molar-refractivity contribution in [2.75, 3.05) is 19.0 Å². The highest BCUT2D eigenvalue weighted by Gasteiger charge is 2.43. The lowest BCUT2D eigenvalue weighted by Crippen LogP contribution is -2.57. The molecule has 0 saturated heterocycles. The summed E-state index contributed by atoms with van der Waals surface area (Å²) in [4.78, 5) is 0. The quantitative estimate of drug-likeness (QED) is 0.161. The molecule has 0 aromatic rings. The molecule has 9 heteroatoms. The van der Waals surface area contributed by atoms with Crippen molar-refractivity contribution in [1.29, 1.82) is 0 Å². The molecule has 4 nitrogen and oxygen atoms in total. The van der Waals surface area contributed by atoms with Crippen LogP contribution in [-0.4, -0.2) is 47.5 Å². The van der Waals surface area contributed by atoms with E-state index in [0.29, 0.717) is 13.2 Å². The van der Waals surface area contributed by atoms with E-state index in [9.17, 15) is 4.57 Å². The first-order valence-electron chi connectivity index (χ1n) is 10.2. The van der Waals surface area contributed by atoms with Gasteiger partial charge in [0.1, 0.15) is 16.5 Å². The van der Waals surface area contributed by atoms with Crippen LogP contribution in [0.5, 0.6) is 0 Å². The first-order valence-corrected chi connectivity index (χ1v) is 23.9. The van der Waals surface area contributed by atoms with Crippen molar-refractivity contribution in [2.45, 2.75) is 79.7 Å². The number of nitrogens with zero attached hydrogens (tertiary/aromatic N) is 1. The van der Waals surface area contributed by atoms with Crippen LogP contribution in [0.3, 0.4) is 0 Å². The molecule has 0 aromatic carbocycles. The summed E-state index contributed by atoms with van der Waals surface area (Å²) in [5.74, 6) is 3.00. The van der Waals surface area contributed by atoms with Gasteiger partial charge < -0.3 is 13.0 Å². The van der Waals surface area contributed by atoms with Crippen molar-refractivity contribution in [3.63, 3.8) is 0 Å². The lowest BCUT2D eigenvalue weighted by molar-refractivity contribution is 0.229. The smallest absolute Gasteiger partial charge is 0.321 e. The zero-order chi connectivity index (χ0) is 22.6. The molecule has 0 aliphatic heterocycles. The zero-order valence-corrected chi connectivity index (χ0v) is 25.3. The third-order valence-electron chi connectivity index (χ3n) is 3.75. The van der Waals surface area contributed by atoms with Crippen LogP contribution >= 0.6 is 15.7 Å². The maximum Gasteiger partial charge on any atom is 0.354 e. The Bertz CT molecular complexity index is 581. The van der Waals surface area contributed by atoms with Crippen LogP contribution in [0.2, 0.25) is 58.9 Å². The molecule has 0 aliphatic rings. The summed E-state index contributed by atoms with van der Waals surface area (Å²) in [6.45, 7) is 32.7. The Balaban J connectivity index is 6.73. The molecule has 0 rings (SSSR count). The van der Waals surface area contributed by atoms with Crippen LogP contribution in [0.4, 0.5) is 0 Å². The van der Waals surface area contributed by atoms with Crippen LogP contribution in [0.15, 0.2) is 23.3 Å². The Morgan fingerprint density at radius 1 is 0.964 bits per heavy atom. The fraction of sp³-hybridized carbons (Fsp3) is 0.789. The number of allylic oxidation sites excluding steroid dienone is 2. The topological polar surface area (TPSA) is 38.8 Å². The first kappa shape index (κ1) is 28.7. The molecule has 0 heterocycles. The van der Waals surface area contributed by atoms with E-state index >= 15 is 0 Å². The third-order valence-corrected chi connectivity index (χ3v) is 23.9. The maximum atomic E-state index is 13.4. The summed E-state index contributed by atoms with van der Waals surface area (Å²) in [5.41, 5.74) is 0.991. The number of hydrogen-bond acceptors (Lipinski definition) is 4. The lowest BCUT2D eigenvalue weighted by atomic mass is 10.3. The number of rotatable bonds is 12. The molecule has 0 amide bonds. The van der Waals surface area contributed by atoms with Gasteiger partial charge in [0.2, 0.25) is 0 Å². The molecule has 0 fully saturated rings. The van der Waals surface area contributed by atoms with Gasteiger partial charge in [-0.2, -0.15) is 0 Å². The minimum atomic E-state index is -3.28. The molecular formula is C19H45NO3P2Si3. The van der Waals surface area contributed by atoms with E-state index in [1.165, 1.54) is 5.79 Å². The van der Waals surface area contributed by atoms with E-state index in [1.54, 1.807) is 0 Å². The Morgan fingerprint density at radius 2 is 1.36 bits per heavy atom. The van der Waals surface area contributed by atoms with Crippen molar-refractivity contribution in [3.8, 4) is 0 Å². The third kappa shape index (κ3) is 9.65. The average molecular weight is 482 g/mol.